The second kappa shape index (κ2) is 8.89. The van der Waals surface area contributed by atoms with Crippen LogP contribution in [-0.4, -0.2) is 26.4 Å². The van der Waals surface area contributed by atoms with Crippen LogP contribution in [0.25, 0.3) is 11.4 Å². The van der Waals surface area contributed by atoms with Crippen LogP contribution < -0.4 is 5.32 Å². The molecule has 0 aliphatic rings. The standard InChI is InChI=1S/C22H24N4OS/c1-5-12-26-21(18-9-6-15(2)7-10-18)24-25-22(26)28-14-20(27)23-19-11-8-16(3)17(4)13-19/h5-11,13H,1,12,14H2,2-4H3,(H,23,27). The maximum Gasteiger partial charge on any atom is 0.234 e. The fourth-order valence-corrected chi connectivity index (χ4v) is 3.50. The van der Waals surface area contributed by atoms with Crippen molar-refractivity contribution in [3.63, 3.8) is 0 Å². The van der Waals surface area contributed by atoms with Gasteiger partial charge in [-0.3, -0.25) is 9.36 Å². The summed E-state index contributed by atoms with van der Waals surface area (Å²) in [6.45, 7) is 10.5. The number of nitrogens with one attached hydrogen (secondary N) is 1. The Balaban J connectivity index is 1.71. The third-order valence-electron chi connectivity index (χ3n) is 4.46. The van der Waals surface area contributed by atoms with E-state index in [1.54, 1.807) is 6.08 Å². The molecule has 0 spiro atoms. The van der Waals surface area contributed by atoms with Crippen molar-refractivity contribution >= 4 is 23.4 Å². The number of anilines is 1. The lowest BCUT2D eigenvalue weighted by molar-refractivity contribution is -0.113. The van der Waals surface area contributed by atoms with Gasteiger partial charge in [-0.25, -0.2) is 0 Å². The van der Waals surface area contributed by atoms with E-state index in [0.29, 0.717) is 11.7 Å². The molecule has 0 bridgehead atoms. The van der Waals surface area contributed by atoms with Gasteiger partial charge in [0.2, 0.25) is 5.91 Å². The minimum absolute atomic E-state index is 0.0710. The van der Waals surface area contributed by atoms with Crippen LogP contribution in [-0.2, 0) is 11.3 Å². The zero-order valence-corrected chi connectivity index (χ0v) is 17.2. The fourth-order valence-electron chi connectivity index (χ4n) is 2.75. The third-order valence-corrected chi connectivity index (χ3v) is 5.43. The first kappa shape index (κ1) is 19.9. The Labute approximate surface area is 169 Å². The Kier molecular flexibility index (Phi) is 6.31. The maximum atomic E-state index is 12.4. The first-order chi connectivity index (χ1) is 13.5. The van der Waals surface area contributed by atoms with Crippen LogP contribution in [0.2, 0.25) is 0 Å². The van der Waals surface area contributed by atoms with Crippen molar-refractivity contribution < 1.29 is 4.79 Å². The van der Waals surface area contributed by atoms with Crippen molar-refractivity contribution in [1.29, 1.82) is 0 Å². The van der Waals surface area contributed by atoms with Gasteiger partial charge in [0.1, 0.15) is 0 Å². The van der Waals surface area contributed by atoms with Gasteiger partial charge < -0.3 is 5.32 Å². The van der Waals surface area contributed by atoms with Gasteiger partial charge in [-0.1, -0.05) is 53.7 Å². The van der Waals surface area contributed by atoms with Crippen LogP contribution >= 0.6 is 11.8 Å². The highest BCUT2D eigenvalue weighted by atomic mass is 32.2. The van der Waals surface area contributed by atoms with E-state index in [4.69, 9.17) is 0 Å². The Morgan fingerprint density at radius 1 is 1.11 bits per heavy atom. The van der Waals surface area contributed by atoms with Gasteiger partial charge in [-0.2, -0.15) is 0 Å². The Morgan fingerprint density at radius 3 is 2.54 bits per heavy atom. The summed E-state index contributed by atoms with van der Waals surface area (Å²) in [4.78, 5) is 12.4. The summed E-state index contributed by atoms with van der Waals surface area (Å²) >= 11 is 1.37. The number of benzene rings is 2. The van der Waals surface area contributed by atoms with Gasteiger partial charge in [-0.15, -0.1) is 16.8 Å². The Bertz CT molecular complexity index is 992. The summed E-state index contributed by atoms with van der Waals surface area (Å²) < 4.78 is 1.98. The summed E-state index contributed by atoms with van der Waals surface area (Å²) in [5.41, 5.74) is 5.34. The van der Waals surface area contributed by atoms with E-state index in [-0.39, 0.29) is 11.7 Å². The average Bonchev–Trinajstić information content (AvgIpc) is 3.07. The lowest BCUT2D eigenvalue weighted by Crippen LogP contribution is -2.14. The van der Waals surface area contributed by atoms with Crippen molar-refractivity contribution in [3.8, 4) is 11.4 Å². The second-order valence-corrected chi connectivity index (χ2v) is 7.65. The summed E-state index contributed by atoms with van der Waals surface area (Å²) in [5, 5.41) is 12.3. The number of aryl methyl sites for hydroxylation is 3. The number of rotatable bonds is 7. The molecule has 2 aromatic carbocycles. The second-order valence-electron chi connectivity index (χ2n) is 6.71. The topological polar surface area (TPSA) is 59.8 Å². The zero-order chi connectivity index (χ0) is 20.1. The first-order valence-electron chi connectivity index (χ1n) is 9.09. The van der Waals surface area contributed by atoms with Crippen molar-refractivity contribution in [2.24, 2.45) is 0 Å². The van der Waals surface area contributed by atoms with Gasteiger partial charge >= 0.3 is 0 Å². The quantitative estimate of drug-likeness (QED) is 0.464. The summed E-state index contributed by atoms with van der Waals surface area (Å²) in [6.07, 6.45) is 1.81. The first-order valence-corrected chi connectivity index (χ1v) is 10.1. The van der Waals surface area contributed by atoms with Crippen LogP contribution in [0.5, 0.6) is 0 Å². The van der Waals surface area contributed by atoms with Crippen LogP contribution in [0, 0.1) is 20.8 Å². The zero-order valence-electron chi connectivity index (χ0n) is 16.4. The lowest BCUT2D eigenvalue weighted by atomic mass is 10.1. The summed E-state index contributed by atoms with van der Waals surface area (Å²) in [5.74, 6) is 0.964. The smallest absolute Gasteiger partial charge is 0.234 e. The SMILES string of the molecule is C=CCn1c(SCC(=O)Nc2ccc(C)c(C)c2)nnc1-c1ccc(C)cc1. The predicted molar refractivity (Wildman–Crippen MR) is 116 cm³/mol. The summed E-state index contributed by atoms with van der Waals surface area (Å²) in [6, 6.07) is 14.1. The Hall–Kier alpha value is -2.86. The number of aromatic nitrogens is 3. The van der Waals surface area contributed by atoms with Gasteiger partial charge in [0.15, 0.2) is 11.0 Å². The highest BCUT2D eigenvalue weighted by molar-refractivity contribution is 7.99. The molecular formula is C22H24N4OS. The molecular weight excluding hydrogens is 368 g/mol. The molecule has 0 saturated carbocycles. The minimum Gasteiger partial charge on any atom is -0.325 e. The molecule has 0 fully saturated rings. The van der Waals surface area contributed by atoms with Gasteiger partial charge in [-0.05, 0) is 44.0 Å². The van der Waals surface area contributed by atoms with Crippen LogP contribution in [0.3, 0.4) is 0 Å². The van der Waals surface area contributed by atoms with Crippen molar-refractivity contribution in [2.75, 3.05) is 11.1 Å². The number of thioether (sulfide) groups is 1. The number of allylic oxidation sites excluding steroid dienone is 1. The van der Waals surface area contributed by atoms with E-state index in [1.807, 2.05) is 60.9 Å². The van der Waals surface area contributed by atoms with Gasteiger partial charge in [0.05, 0.1) is 5.75 Å². The third kappa shape index (κ3) is 4.70. The maximum absolute atomic E-state index is 12.4. The number of carbonyl (C=O) groups is 1. The number of hydrogen-bond donors (Lipinski definition) is 1. The fraction of sp³-hybridized carbons (Fsp3) is 0.227. The van der Waals surface area contributed by atoms with Crippen molar-refractivity contribution in [1.82, 2.24) is 14.8 Å². The molecule has 1 N–H and O–H groups in total. The number of carbonyl (C=O) groups excluding carboxylic acids is 1. The molecule has 0 unspecified atom stereocenters. The molecule has 0 aliphatic heterocycles. The van der Waals surface area contributed by atoms with Crippen LogP contribution in [0.4, 0.5) is 5.69 Å². The molecule has 0 atom stereocenters. The molecule has 1 amide bonds. The van der Waals surface area contributed by atoms with Gasteiger partial charge in [0.25, 0.3) is 0 Å². The highest BCUT2D eigenvalue weighted by Crippen LogP contribution is 2.24. The molecule has 0 aliphatic carbocycles. The molecule has 5 nitrogen and oxygen atoms in total. The average molecular weight is 393 g/mol. The van der Waals surface area contributed by atoms with E-state index >= 15 is 0 Å². The van der Waals surface area contributed by atoms with E-state index in [1.165, 1.54) is 22.9 Å². The van der Waals surface area contributed by atoms with Crippen LogP contribution in [0.1, 0.15) is 16.7 Å². The Morgan fingerprint density at radius 2 is 1.86 bits per heavy atom. The molecule has 1 aromatic heterocycles. The number of nitrogens with zero attached hydrogens (tertiary/aromatic N) is 3. The van der Waals surface area contributed by atoms with Gasteiger partial charge in [0, 0.05) is 17.8 Å². The molecule has 1 heterocycles. The monoisotopic (exact) mass is 392 g/mol. The van der Waals surface area contributed by atoms with E-state index in [2.05, 4.69) is 29.0 Å². The van der Waals surface area contributed by atoms with Crippen LogP contribution in [0.15, 0.2) is 60.3 Å². The molecule has 28 heavy (non-hydrogen) atoms. The van der Waals surface area contributed by atoms with Crippen molar-refractivity contribution in [2.45, 2.75) is 32.5 Å². The molecule has 144 valence electrons. The van der Waals surface area contributed by atoms with Crippen molar-refractivity contribution in [3.05, 3.63) is 71.8 Å². The highest BCUT2D eigenvalue weighted by Gasteiger charge is 2.15. The number of hydrogen-bond acceptors (Lipinski definition) is 4. The van der Waals surface area contributed by atoms with E-state index < -0.39 is 0 Å². The largest absolute Gasteiger partial charge is 0.325 e. The molecule has 3 aromatic rings. The molecule has 3 rings (SSSR count). The number of amides is 1. The predicted octanol–water partition coefficient (Wildman–Crippen LogP) is 4.79. The minimum atomic E-state index is -0.0710. The van der Waals surface area contributed by atoms with E-state index in [0.717, 1.165) is 22.6 Å². The lowest BCUT2D eigenvalue weighted by Gasteiger charge is -2.09. The molecule has 0 saturated heterocycles. The summed E-state index contributed by atoms with van der Waals surface area (Å²) in [7, 11) is 0. The normalized spacial score (nSPS) is 10.7. The molecule has 0 radical (unpaired) electrons. The van der Waals surface area contributed by atoms with E-state index in [9.17, 15) is 4.79 Å². The molecule has 6 heteroatoms.